The third kappa shape index (κ3) is 3.17. The largest absolute Gasteiger partial charge is 0.378 e. The van der Waals surface area contributed by atoms with Crippen LogP contribution in [0.25, 0.3) is 0 Å². The molecule has 16 heavy (non-hydrogen) atoms. The van der Waals surface area contributed by atoms with Gasteiger partial charge in [0.1, 0.15) is 5.60 Å². The Labute approximate surface area is 96.7 Å². The monoisotopic (exact) mass is 230 g/mol. The van der Waals surface area contributed by atoms with Crippen molar-refractivity contribution in [2.75, 3.05) is 26.9 Å². The molecular weight excluding hydrogens is 208 g/mol. The Bertz CT molecular complexity index is 237. The first-order valence-corrected chi connectivity index (χ1v) is 5.67. The highest BCUT2D eigenvalue weighted by molar-refractivity contribution is 5.81. The molecule has 5 heteroatoms. The van der Waals surface area contributed by atoms with E-state index in [-0.39, 0.29) is 17.4 Å². The van der Waals surface area contributed by atoms with Gasteiger partial charge in [-0.2, -0.15) is 0 Å². The van der Waals surface area contributed by atoms with Gasteiger partial charge in [-0.05, 0) is 5.92 Å². The number of hydrogen-bond acceptors (Lipinski definition) is 4. The van der Waals surface area contributed by atoms with Crippen LogP contribution in [0, 0.1) is 5.92 Å². The van der Waals surface area contributed by atoms with Crippen LogP contribution in [-0.2, 0) is 14.3 Å². The van der Waals surface area contributed by atoms with Crippen molar-refractivity contribution in [3.05, 3.63) is 0 Å². The van der Waals surface area contributed by atoms with Gasteiger partial charge in [0.2, 0.25) is 5.91 Å². The molecule has 0 aliphatic carbocycles. The molecule has 5 nitrogen and oxygen atoms in total. The number of nitrogens with two attached hydrogens (primary N) is 1. The normalized spacial score (nSPS) is 27.1. The summed E-state index contributed by atoms with van der Waals surface area (Å²) in [5.41, 5.74) is 5.38. The van der Waals surface area contributed by atoms with Crippen LogP contribution in [0.3, 0.4) is 0 Å². The molecule has 0 bridgehead atoms. The van der Waals surface area contributed by atoms with Gasteiger partial charge in [0, 0.05) is 26.7 Å². The lowest BCUT2D eigenvalue weighted by molar-refractivity contribution is -0.124. The summed E-state index contributed by atoms with van der Waals surface area (Å²) >= 11 is 0. The maximum absolute atomic E-state index is 11.7. The van der Waals surface area contributed by atoms with Crippen molar-refractivity contribution in [3.8, 4) is 0 Å². The van der Waals surface area contributed by atoms with E-state index in [1.165, 1.54) is 0 Å². The Morgan fingerprint density at radius 3 is 2.75 bits per heavy atom. The minimum Gasteiger partial charge on any atom is -0.378 e. The van der Waals surface area contributed by atoms with Crippen molar-refractivity contribution < 1.29 is 14.3 Å². The molecule has 0 spiro atoms. The number of carbonyl (C=O) groups is 1. The zero-order valence-corrected chi connectivity index (χ0v) is 10.3. The van der Waals surface area contributed by atoms with Crippen LogP contribution in [0.2, 0.25) is 0 Å². The van der Waals surface area contributed by atoms with Crippen molar-refractivity contribution in [1.29, 1.82) is 0 Å². The fraction of sp³-hybridized carbons (Fsp3) is 0.909. The number of rotatable bonds is 5. The van der Waals surface area contributed by atoms with Crippen LogP contribution in [0.1, 0.15) is 20.3 Å². The van der Waals surface area contributed by atoms with Gasteiger partial charge in [0.25, 0.3) is 0 Å². The first-order valence-electron chi connectivity index (χ1n) is 5.67. The third-order valence-corrected chi connectivity index (χ3v) is 3.11. The quantitative estimate of drug-likeness (QED) is 0.691. The standard InChI is InChI=1S/C11H22N2O3/c1-8(2)9(12)10(14)13-6-11(15-3)4-5-16-7-11/h8-9H,4-7,12H2,1-3H3,(H,13,14)/t9-,11?/m1/s1. The molecule has 0 aromatic carbocycles. The molecule has 2 atom stereocenters. The third-order valence-electron chi connectivity index (χ3n) is 3.11. The molecule has 3 N–H and O–H groups in total. The number of amides is 1. The second-order valence-electron chi connectivity index (χ2n) is 4.68. The second kappa shape index (κ2) is 5.61. The molecular formula is C11H22N2O3. The highest BCUT2D eigenvalue weighted by atomic mass is 16.5. The molecule has 0 radical (unpaired) electrons. The minimum atomic E-state index is -0.462. The van der Waals surface area contributed by atoms with Gasteiger partial charge in [-0.1, -0.05) is 13.8 Å². The average Bonchev–Trinajstić information content (AvgIpc) is 2.74. The van der Waals surface area contributed by atoms with E-state index in [2.05, 4.69) is 5.32 Å². The first-order chi connectivity index (χ1) is 7.51. The molecule has 1 heterocycles. The van der Waals surface area contributed by atoms with Crippen molar-refractivity contribution in [2.24, 2.45) is 11.7 Å². The zero-order chi connectivity index (χ0) is 12.2. The molecule has 1 unspecified atom stereocenters. The van der Waals surface area contributed by atoms with Crippen LogP contribution in [-0.4, -0.2) is 44.4 Å². The van der Waals surface area contributed by atoms with Gasteiger partial charge in [-0.15, -0.1) is 0 Å². The summed E-state index contributed by atoms with van der Waals surface area (Å²) < 4.78 is 10.7. The second-order valence-corrected chi connectivity index (χ2v) is 4.68. The van der Waals surface area contributed by atoms with Crippen LogP contribution < -0.4 is 11.1 Å². The number of nitrogens with one attached hydrogen (secondary N) is 1. The SMILES string of the molecule is COC1(CNC(=O)[C@H](N)C(C)C)CCOC1. The molecule has 0 aromatic rings. The van der Waals surface area contributed by atoms with E-state index in [0.29, 0.717) is 19.8 Å². The Hall–Kier alpha value is -0.650. The number of methoxy groups -OCH3 is 1. The van der Waals surface area contributed by atoms with E-state index in [1.807, 2.05) is 13.8 Å². The minimum absolute atomic E-state index is 0.127. The molecule has 0 aromatic heterocycles. The van der Waals surface area contributed by atoms with Crippen molar-refractivity contribution in [3.63, 3.8) is 0 Å². The van der Waals surface area contributed by atoms with Crippen molar-refractivity contribution in [1.82, 2.24) is 5.32 Å². The Balaban J connectivity index is 2.41. The fourth-order valence-electron chi connectivity index (χ4n) is 1.63. The predicted molar refractivity (Wildman–Crippen MR) is 61.0 cm³/mol. The van der Waals surface area contributed by atoms with E-state index in [9.17, 15) is 4.79 Å². The van der Waals surface area contributed by atoms with E-state index in [1.54, 1.807) is 7.11 Å². The predicted octanol–water partition coefficient (Wildman–Crippen LogP) is -0.109. The summed E-state index contributed by atoms with van der Waals surface area (Å²) in [5.74, 6) is 0.0108. The smallest absolute Gasteiger partial charge is 0.237 e. The molecule has 1 amide bonds. The van der Waals surface area contributed by atoms with Gasteiger partial charge in [0.15, 0.2) is 0 Å². The lowest BCUT2D eigenvalue weighted by Crippen LogP contribution is -2.50. The molecule has 1 aliphatic heterocycles. The summed E-state index contributed by atoms with van der Waals surface area (Å²) in [6, 6.07) is -0.462. The van der Waals surface area contributed by atoms with Crippen LogP contribution in [0.15, 0.2) is 0 Å². The Morgan fingerprint density at radius 2 is 2.31 bits per heavy atom. The molecule has 1 saturated heterocycles. The highest BCUT2D eigenvalue weighted by Crippen LogP contribution is 2.21. The van der Waals surface area contributed by atoms with Crippen LogP contribution in [0.4, 0.5) is 0 Å². The van der Waals surface area contributed by atoms with Gasteiger partial charge >= 0.3 is 0 Å². The summed E-state index contributed by atoms with van der Waals surface area (Å²) in [6.07, 6.45) is 0.806. The summed E-state index contributed by atoms with van der Waals surface area (Å²) in [6.45, 7) is 5.52. The van der Waals surface area contributed by atoms with E-state index < -0.39 is 6.04 Å². The number of carbonyl (C=O) groups excluding carboxylic acids is 1. The first kappa shape index (κ1) is 13.4. The van der Waals surface area contributed by atoms with Gasteiger partial charge in [-0.3, -0.25) is 4.79 Å². The maximum atomic E-state index is 11.7. The topological polar surface area (TPSA) is 73.6 Å². The molecule has 0 saturated carbocycles. The lowest BCUT2D eigenvalue weighted by atomic mass is 10.0. The van der Waals surface area contributed by atoms with E-state index in [0.717, 1.165) is 6.42 Å². The molecule has 94 valence electrons. The number of ether oxygens (including phenoxy) is 2. The zero-order valence-electron chi connectivity index (χ0n) is 10.3. The summed E-state index contributed by atoms with van der Waals surface area (Å²) in [7, 11) is 1.64. The van der Waals surface area contributed by atoms with Gasteiger partial charge < -0.3 is 20.5 Å². The lowest BCUT2D eigenvalue weighted by Gasteiger charge is -2.27. The van der Waals surface area contributed by atoms with Crippen LogP contribution >= 0.6 is 0 Å². The Morgan fingerprint density at radius 1 is 1.62 bits per heavy atom. The summed E-state index contributed by atoms with van der Waals surface area (Å²) in [4.78, 5) is 11.7. The Kier molecular flexibility index (Phi) is 4.70. The van der Waals surface area contributed by atoms with Crippen LogP contribution in [0.5, 0.6) is 0 Å². The van der Waals surface area contributed by atoms with Gasteiger partial charge in [-0.25, -0.2) is 0 Å². The summed E-state index contributed by atoms with van der Waals surface area (Å²) in [5, 5.41) is 2.83. The van der Waals surface area contributed by atoms with Crippen molar-refractivity contribution >= 4 is 5.91 Å². The average molecular weight is 230 g/mol. The maximum Gasteiger partial charge on any atom is 0.237 e. The van der Waals surface area contributed by atoms with E-state index in [4.69, 9.17) is 15.2 Å². The van der Waals surface area contributed by atoms with Crippen molar-refractivity contribution in [2.45, 2.75) is 31.9 Å². The highest BCUT2D eigenvalue weighted by Gasteiger charge is 2.35. The molecule has 1 aliphatic rings. The molecule has 1 rings (SSSR count). The van der Waals surface area contributed by atoms with Gasteiger partial charge in [0.05, 0.1) is 12.6 Å². The van der Waals surface area contributed by atoms with E-state index >= 15 is 0 Å². The number of hydrogen-bond donors (Lipinski definition) is 2. The molecule has 1 fully saturated rings. The fourth-order valence-corrected chi connectivity index (χ4v) is 1.63.